The van der Waals surface area contributed by atoms with E-state index in [4.69, 9.17) is 9.84 Å². The van der Waals surface area contributed by atoms with Crippen LogP contribution in [0.4, 0.5) is 4.79 Å². The second kappa shape index (κ2) is 7.52. The lowest BCUT2D eigenvalue weighted by Crippen LogP contribution is -2.45. The van der Waals surface area contributed by atoms with E-state index in [0.29, 0.717) is 13.2 Å². The molecule has 1 heterocycles. The molecule has 1 aromatic carbocycles. The third-order valence-corrected chi connectivity index (χ3v) is 3.44. The van der Waals surface area contributed by atoms with E-state index in [-0.39, 0.29) is 25.0 Å². The van der Waals surface area contributed by atoms with Crippen LogP contribution in [0.1, 0.15) is 19.3 Å². The summed E-state index contributed by atoms with van der Waals surface area (Å²) in [6.45, 7) is 1.29. The fourth-order valence-electron chi connectivity index (χ4n) is 2.36. The maximum Gasteiger partial charge on any atom is 0.317 e. The van der Waals surface area contributed by atoms with E-state index in [1.54, 1.807) is 4.90 Å². The van der Waals surface area contributed by atoms with Crippen molar-refractivity contribution in [2.24, 2.45) is 0 Å². The van der Waals surface area contributed by atoms with E-state index in [0.717, 1.165) is 18.6 Å². The van der Waals surface area contributed by atoms with E-state index in [1.165, 1.54) is 0 Å². The number of carbonyl (C=O) groups is 2. The molecule has 1 aliphatic heterocycles. The normalized spacial score (nSPS) is 17.5. The van der Waals surface area contributed by atoms with Crippen molar-refractivity contribution in [1.29, 1.82) is 0 Å². The Morgan fingerprint density at radius 2 is 2.10 bits per heavy atom. The number of hydrogen-bond acceptors (Lipinski definition) is 3. The van der Waals surface area contributed by atoms with Crippen LogP contribution in [0.3, 0.4) is 0 Å². The second-order valence-corrected chi connectivity index (χ2v) is 4.99. The summed E-state index contributed by atoms with van der Waals surface area (Å²) in [6.07, 6.45) is 1.78. The zero-order valence-electron chi connectivity index (χ0n) is 11.8. The average molecular weight is 292 g/mol. The molecule has 1 fully saturated rings. The molecule has 2 N–H and O–H groups in total. The molecule has 0 aliphatic carbocycles. The summed E-state index contributed by atoms with van der Waals surface area (Å²) in [5, 5.41) is 11.2. The number of rotatable bonds is 6. The van der Waals surface area contributed by atoms with Crippen LogP contribution in [0, 0.1) is 0 Å². The number of urea groups is 1. The van der Waals surface area contributed by atoms with Gasteiger partial charge in [-0.1, -0.05) is 18.2 Å². The lowest BCUT2D eigenvalue weighted by Gasteiger charge is -2.25. The Morgan fingerprint density at radius 3 is 2.81 bits per heavy atom. The number of aliphatic carboxylic acids is 1. The van der Waals surface area contributed by atoms with Gasteiger partial charge < -0.3 is 20.1 Å². The number of nitrogens with zero attached hydrogens (tertiary/aromatic N) is 1. The first-order chi connectivity index (χ1) is 10.2. The van der Waals surface area contributed by atoms with Crippen molar-refractivity contribution in [3.8, 4) is 5.75 Å². The highest BCUT2D eigenvalue weighted by molar-refractivity contribution is 5.75. The summed E-state index contributed by atoms with van der Waals surface area (Å²) in [6, 6.07) is 9.31. The van der Waals surface area contributed by atoms with Crippen LogP contribution < -0.4 is 10.1 Å². The predicted octanol–water partition coefficient (Wildman–Crippen LogP) is 1.71. The summed E-state index contributed by atoms with van der Waals surface area (Å²) in [5.41, 5.74) is 0. The van der Waals surface area contributed by atoms with Gasteiger partial charge in [-0.3, -0.25) is 4.79 Å². The number of carbonyl (C=O) groups excluding carboxylic acids is 1. The number of nitrogens with one attached hydrogen (secondary N) is 1. The van der Waals surface area contributed by atoms with Gasteiger partial charge >= 0.3 is 12.0 Å². The molecular weight excluding hydrogens is 272 g/mol. The molecule has 1 aliphatic rings. The first kappa shape index (κ1) is 15.2. The van der Waals surface area contributed by atoms with Crippen LogP contribution in [-0.4, -0.2) is 47.7 Å². The summed E-state index contributed by atoms with van der Waals surface area (Å²) in [5.74, 6) is -0.128. The number of carboxylic acid groups (broad SMARTS) is 1. The van der Waals surface area contributed by atoms with Crippen molar-refractivity contribution < 1.29 is 19.4 Å². The molecule has 2 amide bonds. The second-order valence-electron chi connectivity index (χ2n) is 4.99. The third kappa shape index (κ3) is 4.66. The fraction of sp³-hybridized carbons (Fsp3) is 0.467. The van der Waals surface area contributed by atoms with Crippen molar-refractivity contribution in [2.75, 3.05) is 19.7 Å². The van der Waals surface area contributed by atoms with E-state index in [1.807, 2.05) is 30.3 Å². The third-order valence-electron chi connectivity index (χ3n) is 3.44. The molecule has 0 unspecified atom stereocenters. The van der Waals surface area contributed by atoms with Crippen molar-refractivity contribution in [3.63, 3.8) is 0 Å². The summed E-state index contributed by atoms with van der Waals surface area (Å²) in [4.78, 5) is 24.2. The zero-order chi connectivity index (χ0) is 15.1. The molecule has 0 spiro atoms. The highest BCUT2D eigenvalue weighted by Crippen LogP contribution is 2.19. The number of amides is 2. The average Bonchev–Trinajstić information content (AvgIpc) is 2.94. The van der Waals surface area contributed by atoms with Gasteiger partial charge in [-0.25, -0.2) is 4.79 Å². The van der Waals surface area contributed by atoms with Gasteiger partial charge in [-0.2, -0.15) is 0 Å². The van der Waals surface area contributed by atoms with Crippen molar-refractivity contribution >= 4 is 12.0 Å². The molecule has 0 aromatic heterocycles. The van der Waals surface area contributed by atoms with E-state index in [2.05, 4.69) is 5.32 Å². The van der Waals surface area contributed by atoms with Gasteiger partial charge in [0.2, 0.25) is 0 Å². The van der Waals surface area contributed by atoms with Crippen molar-refractivity contribution in [1.82, 2.24) is 10.2 Å². The molecule has 0 saturated carbocycles. The maximum absolute atomic E-state index is 12.0. The van der Waals surface area contributed by atoms with Gasteiger partial charge in [0, 0.05) is 13.1 Å². The molecule has 0 bridgehead atoms. The van der Waals surface area contributed by atoms with Crippen molar-refractivity contribution in [3.05, 3.63) is 30.3 Å². The predicted molar refractivity (Wildman–Crippen MR) is 77.3 cm³/mol. The lowest BCUT2D eigenvalue weighted by atomic mass is 10.2. The number of benzene rings is 1. The Kier molecular flexibility index (Phi) is 5.43. The van der Waals surface area contributed by atoms with Crippen LogP contribution in [0.15, 0.2) is 30.3 Å². The van der Waals surface area contributed by atoms with Crippen LogP contribution in [0.25, 0.3) is 0 Å². The minimum atomic E-state index is -0.916. The lowest BCUT2D eigenvalue weighted by molar-refractivity contribution is -0.136. The SMILES string of the molecule is O=C(O)CCNC(=O)N1CCC[C@H]1COc1ccccc1. The first-order valence-electron chi connectivity index (χ1n) is 7.11. The standard InChI is InChI=1S/C15H20N2O4/c18-14(19)8-9-16-15(20)17-10-4-5-12(17)11-21-13-6-2-1-3-7-13/h1-3,6-7,12H,4-5,8-11H2,(H,16,20)(H,18,19)/t12-/m0/s1. The Hall–Kier alpha value is -2.24. The first-order valence-corrected chi connectivity index (χ1v) is 7.11. The molecule has 1 saturated heterocycles. The monoisotopic (exact) mass is 292 g/mol. The zero-order valence-corrected chi connectivity index (χ0v) is 11.8. The minimum absolute atomic E-state index is 0.0371. The fourth-order valence-corrected chi connectivity index (χ4v) is 2.36. The molecule has 2 rings (SSSR count). The van der Waals surface area contributed by atoms with Crippen LogP contribution in [-0.2, 0) is 4.79 Å². The Labute approximate surface area is 123 Å². The Bertz CT molecular complexity index is 478. The van der Waals surface area contributed by atoms with Gasteiger partial charge in [0.25, 0.3) is 0 Å². The molecule has 21 heavy (non-hydrogen) atoms. The highest BCUT2D eigenvalue weighted by Gasteiger charge is 2.29. The Balaban J connectivity index is 1.79. The number of para-hydroxylation sites is 1. The number of carboxylic acids is 1. The van der Waals surface area contributed by atoms with Gasteiger partial charge in [0.1, 0.15) is 12.4 Å². The summed E-state index contributed by atoms with van der Waals surface area (Å²) < 4.78 is 5.70. The smallest absolute Gasteiger partial charge is 0.317 e. The van der Waals surface area contributed by atoms with Crippen LogP contribution in [0.2, 0.25) is 0 Å². The molecule has 6 nitrogen and oxygen atoms in total. The minimum Gasteiger partial charge on any atom is -0.491 e. The molecule has 1 aromatic rings. The summed E-state index contributed by atoms with van der Waals surface area (Å²) >= 11 is 0. The Morgan fingerprint density at radius 1 is 1.33 bits per heavy atom. The number of hydrogen-bond donors (Lipinski definition) is 2. The molecule has 0 radical (unpaired) electrons. The largest absolute Gasteiger partial charge is 0.491 e. The van der Waals surface area contributed by atoms with Crippen molar-refractivity contribution in [2.45, 2.75) is 25.3 Å². The molecule has 1 atom stereocenters. The van der Waals surface area contributed by atoms with Gasteiger partial charge in [-0.15, -0.1) is 0 Å². The van der Waals surface area contributed by atoms with E-state index in [9.17, 15) is 9.59 Å². The number of ether oxygens (including phenoxy) is 1. The van der Waals surface area contributed by atoms with Crippen LogP contribution in [0.5, 0.6) is 5.75 Å². The highest BCUT2D eigenvalue weighted by atomic mass is 16.5. The van der Waals surface area contributed by atoms with Gasteiger partial charge in [-0.05, 0) is 25.0 Å². The molecular formula is C15H20N2O4. The maximum atomic E-state index is 12.0. The number of likely N-dealkylation sites (tertiary alicyclic amines) is 1. The van der Waals surface area contributed by atoms with E-state index >= 15 is 0 Å². The van der Waals surface area contributed by atoms with Gasteiger partial charge in [0.05, 0.1) is 12.5 Å². The quantitative estimate of drug-likeness (QED) is 0.836. The molecule has 6 heteroatoms. The summed E-state index contributed by atoms with van der Waals surface area (Å²) in [7, 11) is 0. The topological polar surface area (TPSA) is 78.9 Å². The van der Waals surface area contributed by atoms with E-state index < -0.39 is 5.97 Å². The van der Waals surface area contributed by atoms with Gasteiger partial charge in [0.15, 0.2) is 0 Å². The molecule has 114 valence electrons. The van der Waals surface area contributed by atoms with Crippen LogP contribution >= 0.6 is 0 Å².